The van der Waals surface area contributed by atoms with E-state index in [1.807, 2.05) is 6.92 Å². The van der Waals surface area contributed by atoms with Crippen molar-refractivity contribution in [3.8, 4) is 0 Å². The van der Waals surface area contributed by atoms with E-state index in [1.165, 1.54) is 0 Å². The average Bonchev–Trinajstić information content (AvgIpc) is 2.91. The highest BCUT2D eigenvalue weighted by atomic mass is 16.7. The Labute approximate surface area is 116 Å². The van der Waals surface area contributed by atoms with Crippen LogP contribution in [-0.4, -0.2) is 56.6 Å². The van der Waals surface area contributed by atoms with Crippen LogP contribution >= 0.6 is 0 Å². The zero-order valence-electron chi connectivity index (χ0n) is 12.2. The molecule has 0 radical (unpaired) electrons. The van der Waals surface area contributed by atoms with Crippen molar-refractivity contribution in [2.75, 3.05) is 39.5 Å². The molecular formula is C14H27NO4. The fraction of sp³-hybridized carbons (Fsp3) is 0.929. The predicted octanol–water partition coefficient (Wildman–Crippen LogP) is 1.80. The Kier molecular flexibility index (Phi) is 8.79. The molecular weight excluding hydrogens is 246 g/mol. The number of hydrogen-bond donors (Lipinski definition) is 0. The molecule has 0 N–H and O–H groups in total. The highest BCUT2D eigenvalue weighted by Crippen LogP contribution is 2.09. The molecule has 1 saturated heterocycles. The van der Waals surface area contributed by atoms with Gasteiger partial charge in [-0.05, 0) is 19.9 Å². The average molecular weight is 273 g/mol. The Morgan fingerprint density at radius 2 is 1.95 bits per heavy atom. The summed E-state index contributed by atoms with van der Waals surface area (Å²) < 4.78 is 15.8. The highest BCUT2D eigenvalue weighted by Gasteiger charge is 2.17. The lowest BCUT2D eigenvalue weighted by molar-refractivity contribution is -0.143. The van der Waals surface area contributed by atoms with Crippen molar-refractivity contribution in [1.82, 2.24) is 4.90 Å². The van der Waals surface area contributed by atoms with E-state index in [4.69, 9.17) is 14.2 Å². The van der Waals surface area contributed by atoms with Crippen molar-refractivity contribution in [2.45, 2.75) is 45.8 Å². The first kappa shape index (κ1) is 16.4. The van der Waals surface area contributed by atoms with Crippen LogP contribution in [0.15, 0.2) is 0 Å². The predicted molar refractivity (Wildman–Crippen MR) is 72.9 cm³/mol. The fourth-order valence-corrected chi connectivity index (χ4v) is 2.06. The van der Waals surface area contributed by atoms with Crippen molar-refractivity contribution >= 4 is 5.97 Å². The molecule has 0 aromatic rings. The van der Waals surface area contributed by atoms with Gasteiger partial charge in [-0.3, -0.25) is 4.79 Å². The van der Waals surface area contributed by atoms with Gasteiger partial charge >= 0.3 is 5.97 Å². The summed E-state index contributed by atoms with van der Waals surface area (Å²) in [5.41, 5.74) is 0. The lowest BCUT2D eigenvalue weighted by Crippen LogP contribution is -2.31. The molecule has 5 nitrogen and oxygen atoms in total. The van der Waals surface area contributed by atoms with Gasteiger partial charge in [-0.2, -0.15) is 0 Å². The minimum atomic E-state index is -0.114. The maximum Gasteiger partial charge on any atom is 0.307 e. The van der Waals surface area contributed by atoms with Crippen LogP contribution in [-0.2, 0) is 19.0 Å². The molecule has 0 atom stereocenters. The van der Waals surface area contributed by atoms with Crippen molar-refractivity contribution in [3.63, 3.8) is 0 Å². The van der Waals surface area contributed by atoms with E-state index < -0.39 is 0 Å². The van der Waals surface area contributed by atoms with Gasteiger partial charge in [0, 0.05) is 19.5 Å². The van der Waals surface area contributed by atoms with E-state index in [0.717, 1.165) is 38.9 Å². The summed E-state index contributed by atoms with van der Waals surface area (Å²) in [6, 6.07) is 0. The van der Waals surface area contributed by atoms with Crippen molar-refractivity contribution < 1.29 is 19.0 Å². The summed E-state index contributed by atoms with van der Waals surface area (Å²) in [6.45, 7) is 8.54. The molecule has 0 unspecified atom stereocenters. The minimum absolute atomic E-state index is 0.0632. The summed E-state index contributed by atoms with van der Waals surface area (Å²) in [5.74, 6) is -0.114. The number of carbonyl (C=O) groups is 1. The van der Waals surface area contributed by atoms with E-state index in [0.29, 0.717) is 26.2 Å². The van der Waals surface area contributed by atoms with E-state index >= 15 is 0 Å². The van der Waals surface area contributed by atoms with E-state index in [1.54, 1.807) is 0 Å². The Balaban J connectivity index is 2.22. The number of unbranched alkanes of at least 4 members (excludes halogenated alkanes) is 1. The maximum atomic E-state index is 11.4. The summed E-state index contributed by atoms with van der Waals surface area (Å²) in [5, 5.41) is 0. The van der Waals surface area contributed by atoms with Gasteiger partial charge in [0.25, 0.3) is 0 Å². The largest absolute Gasteiger partial charge is 0.466 e. The summed E-state index contributed by atoms with van der Waals surface area (Å²) in [7, 11) is 0. The van der Waals surface area contributed by atoms with Crippen molar-refractivity contribution in [3.05, 3.63) is 0 Å². The summed E-state index contributed by atoms with van der Waals surface area (Å²) >= 11 is 0. The smallest absolute Gasteiger partial charge is 0.307 e. The Hall–Kier alpha value is -0.650. The van der Waals surface area contributed by atoms with Gasteiger partial charge in [0.1, 0.15) is 0 Å². The van der Waals surface area contributed by atoms with Gasteiger partial charge in [-0.25, -0.2) is 0 Å². The van der Waals surface area contributed by atoms with Gasteiger partial charge in [0.05, 0.1) is 26.2 Å². The van der Waals surface area contributed by atoms with Crippen LogP contribution in [0.1, 0.15) is 39.5 Å². The van der Waals surface area contributed by atoms with Crippen LogP contribution in [0.2, 0.25) is 0 Å². The molecule has 1 aliphatic rings. The Bertz CT molecular complexity index is 242. The number of esters is 1. The van der Waals surface area contributed by atoms with Crippen LogP contribution in [0.3, 0.4) is 0 Å². The van der Waals surface area contributed by atoms with Gasteiger partial charge < -0.3 is 19.1 Å². The first-order valence-electron chi connectivity index (χ1n) is 7.37. The van der Waals surface area contributed by atoms with E-state index in [9.17, 15) is 4.79 Å². The first-order valence-corrected chi connectivity index (χ1v) is 7.37. The van der Waals surface area contributed by atoms with Crippen molar-refractivity contribution in [2.24, 2.45) is 0 Å². The van der Waals surface area contributed by atoms with Crippen LogP contribution in [0.4, 0.5) is 0 Å². The van der Waals surface area contributed by atoms with Crippen LogP contribution in [0, 0.1) is 0 Å². The molecule has 1 rings (SSSR count). The molecule has 0 amide bonds. The van der Waals surface area contributed by atoms with E-state index in [2.05, 4.69) is 11.8 Å². The number of rotatable bonds is 10. The lowest BCUT2D eigenvalue weighted by Gasteiger charge is -2.22. The molecule has 1 fully saturated rings. The molecule has 0 aliphatic carbocycles. The SMILES string of the molecule is CCCCN(CCC(=O)OCC)CCC1OCCO1. The first-order chi connectivity index (χ1) is 9.26. The van der Waals surface area contributed by atoms with Crippen LogP contribution in [0.5, 0.6) is 0 Å². The third-order valence-electron chi connectivity index (χ3n) is 3.14. The van der Waals surface area contributed by atoms with Gasteiger partial charge in [0.15, 0.2) is 6.29 Å². The van der Waals surface area contributed by atoms with Gasteiger partial charge in [0.2, 0.25) is 0 Å². The van der Waals surface area contributed by atoms with Gasteiger partial charge in [-0.1, -0.05) is 13.3 Å². The zero-order valence-corrected chi connectivity index (χ0v) is 12.2. The molecule has 0 aromatic heterocycles. The van der Waals surface area contributed by atoms with Gasteiger partial charge in [-0.15, -0.1) is 0 Å². The third kappa shape index (κ3) is 7.50. The zero-order chi connectivity index (χ0) is 13.9. The molecule has 5 heteroatoms. The Morgan fingerprint density at radius 3 is 2.58 bits per heavy atom. The second-order valence-corrected chi connectivity index (χ2v) is 4.71. The number of nitrogens with zero attached hydrogens (tertiary/aromatic N) is 1. The molecule has 1 heterocycles. The second-order valence-electron chi connectivity index (χ2n) is 4.71. The molecule has 0 bridgehead atoms. The molecule has 0 spiro atoms. The van der Waals surface area contributed by atoms with Crippen LogP contribution < -0.4 is 0 Å². The summed E-state index contributed by atoms with van der Waals surface area (Å²) in [4.78, 5) is 13.7. The third-order valence-corrected chi connectivity index (χ3v) is 3.14. The lowest BCUT2D eigenvalue weighted by atomic mass is 10.2. The molecule has 0 saturated carbocycles. The van der Waals surface area contributed by atoms with Crippen molar-refractivity contribution in [1.29, 1.82) is 0 Å². The highest BCUT2D eigenvalue weighted by molar-refractivity contribution is 5.69. The number of carbonyl (C=O) groups excluding carboxylic acids is 1. The normalized spacial score (nSPS) is 16.2. The molecule has 1 aliphatic heterocycles. The molecule has 19 heavy (non-hydrogen) atoms. The van der Waals surface area contributed by atoms with Crippen LogP contribution in [0.25, 0.3) is 0 Å². The summed E-state index contributed by atoms with van der Waals surface area (Å²) in [6.07, 6.45) is 3.57. The molecule has 112 valence electrons. The quantitative estimate of drug-likeness (QED) is 0.568. The maximum absolute atomic E-state index is 11.4. The standard InChI is InChI=1S/C14H27NO4/c1-3-5-8-15(9-6-13(16)17-4-2)10-7-14-18-11-12-19-14/h14H,3-12H2,1-2H3. The number of ether oxygens (including phenoxy) is 3. The minimum Gasteiger partial charge on any atom is -0.466 e. The Morgan fingerprint density at radius 1 is 1.21 bits per heavy atom. The fourth-order valence-electron chi connectivity index (χ4n) is 2.06. The number of hydrogen-bond acceptors (Lipinski definition) is 5. The second kappa shape index (κ2) is 10.2. The topological polar surface area (TPSA) is 48.0 Å². The monoisotopic (exact) mass is 273 g/mol. The molecule has 0 aromatic carbocycles. The van der Waals surface area contributed by atoms with E-state index in [-0.39, 0.29) is 12.3 Å².